The van der Waals surface area contributed by atoms with Crippen molar-refractivity contribution in [2.75, 3.05) is 11.9 Å². The molecule has 0 unspecified atom stereocenters. The third-order valence-electron chi connectivity index (χ3n) is 1.48. The highest BCUT2D eigenvalue weighted by atomic mass is 16.5. The third kappa shape index (κ3) is 3.32. The topological polar surface area (TPSA) is 34.1 Å². The molecule has 0 saturated heterocycles. The molecule has 0 spiro atoms. The minimum Gasteiger partial charge on any atom is -0.492 e. The standard InChI is InChI=1S/C10H16N2O/c1-4-13-9-5-6-10(11-7-9)12-8(2)3/h5-8H,4H2,1-3H3,(H,11,12). The Morgan fingerprint density at radius 2 is 2.23 bits per heavy atom. The molecule has 1 rings (SSSR count). The van der Waals surface area contributed by atoms with E-state index in [1.54, 1.807) is 6.20 Å². The summed E-state index contributed by atoms with van der Waals surface area (Å²) in [4.78, 5) is 4.20. The zero-order valence-electron chi connectivity index (χ0n) is 8.37. The second-order valence-electron chi connectivity index (χ2n) is 3.11. The van der Waals surface area contributed by atoms with E-state index in [1.807, 2.05) is 19.1 Å². The van der Waals surface area contributed by atoms with Gasteiger partial charge in [-0.3, -0.25) is 0 Å². The summed E-state index contributed by atoms with van der Waals surface area (Å²) in [5.41, 5.74) is 0. The Hall–Kier alpha value is -1.25. The van der Waals surface area contributed by atoms with Crippen LogP contribution >= 0.6 is 0 Å². The number of anilines is 1. The van der Waals surface area contributed by atoms with Crippen molar-refractivity contribution in [1.82, 2.24) is 4.98 Å². The average Bonchev–Trinajstić information content (AvgIpc) is 2.08. The summed E-state index contributed by atoms with van der Waals surface area (Å²) >= 11 is 0. The van der Waals surface area contributed by atoms with Crippen molar-refractivity contribution in [1.29, 1.82) is 0 Å². The molecule has 0 radical (unpaired) electrons. The molecular weight excluding hydrogens is 164 g/mol. The SMILES string of the molecule is CCOc1ccc(NC(C)C)nc1. The minimum atomic E-state index is 0.408. The summed E-state index contributed by atoms with van der Waals surface area (Å²) in [7, 11) is 0. The lowest BCUT2D eigenvalue weighted by Gasteiger charge is -2.09. The Labute approximate surface area is 79.1 Å². The van der Waals surface area contributed by atoms with E-state index in [2.05, 4.69) is 24.1 Å². The second-order valence-corrected chi connectivity index (χ2v) is 3.11. The highest BCUT2D eigenvalue weighted by Crippen LogP contribution is 2.12. The van der Waals surface area contributed by atoms with E-state index in [4.69, 9.17) is 4.74 Å². The van der Waals surface area contributed by atoms with Crippen LogP contribution in [0.3, 0.4) is 0 Å². The molecule has 72 valence electrons. The van der Waals surface area contributed by atoms with E-state index < -0.39 is 0 Å². The Morgan fingerprint density at radius 3 is 2.69 bits per heavy atom. The van der Waals surface area contributed by atoms with Crippen LogP contribution in [0.15, 0.2) is 18.3 Å². The highest BCUT2D eigenvalue weighted by molar-refractivity contribution is 5.37. The fourth-order valence-electron chi connectivity index (χ4n) is 1.01. The van der Waals surface area contributed by atoms with Gasteiger partial charge in [0.1, 0.15) is 11.6 Å². The van der Waals surface area contributed by atoms with Gasteiger partial charge in [0.15, 0.2) is 0 Å². The number of pyridine rings is 1. The monoisotopic (exact) mass is 180 g/mol. The predicted octanol–water partition coefficient (Wildman–Crippen LogP) is 2.30. The number of hydrogen-bond acceptors (Lipinski definition) is 3. The molecule has 1 aromatic heterocycles. The van der Waals surface area contributed by atoms with Crippen molar-refractivity contribution in [3.8, 4) is 5.75 Å². The van der Waals surface area contributed by atoms with Gasteiger partial charge in [-0.25, -0.2) is 4.98 Å². The molecule has 0 aliphatic rings. The zero-order chi connectivity index (χ0) is 9.68. The smallest absolute Gasteiger partial charge is 0.137 e. The number of rotatable bonds is 4. The molecule has 0 aliphatic heterocycles. The first-order chi connectivity index (χ1) is 6.22. The molecule has 0 fully saturated rings. The zero-order valence-corrected chi connectivity index (χ0v) is 8.37. The van der Waals surface area contributed by atoms with Gasteiger partial charge >= 0.3 is 0 Å². The number of ether oxygens (including phenoxy) is 1. The summed E-state index contributed by atoms with van der Waals surface area (Å²) < 4.78 is 5.28. The molecule has 13 heavy (non-hydrogen) atoms. The molecule has 1 N–H and O–H groups in total. The van der Waals surface area contributed by atoms with Gasteiger partial charge < -0.3 is 10.1 Å². The maximum Gasteiger partial charge on any atom is 0.137 e. The molecule has 3 heteroatoms. The number of nitrogens with one attached hydrogen (secondary N) is 1. The van der Waals surface area contributed by atoms with Crippen molar-refractivity contribution in [3.05, 3.63) is 18.3 Å². The number of aromatic nitrogens is 1. The van der Waals surface area contributed by atoms with Crippen LogP contribution in [0.1, 0.15) is 20.8 Å². The number of nitrogens with zero attached hydrogens (tertiary/aromatic N) is 1. The molecule has 0 saturated carbocycles. The molecule has 0 bridgehead atoms. The summed E-state index contributed by atoms with van der Waals surface area (Å²) in [6.07, 6.45) is 1.73. The van der Waals surface area contributed by atoms with Gasteiger partial charge in [-0.05, 0) is 32.9 Å². The summed E-state index contributed by atoms with van der Waals surface area (Å²) in [6.45, 7) is 6.80. The molecule has 3 nitrogen and oxygen atoms in total. The van der Waals surface area contributed by atoms with Crippen LogP contribution in [0.25, 0.3) is 0 Å². The Morgan fingerprint density at radius 1 is 1.46 bits per heavy atom. The van der Waals surface area contributed by atoms with Gasteiger partial charge in [0, 0.05) is 6.04 Å². The molecule has 0 amide bonds. The lowest BCUT2D eigenvalue weighted by Crippen LogP contribution is -2.10. The fourth-order valence-corrected chi connectivity index (χ4v) is 1.01. The first kappa shape index (κ1) is 9.84. The van der Waals surface area contributed by atoms with Crippen LogP contribution in [0, 0.1) is 0 Å². The van der Waals surface area contributed by atoms with Crippen molar-refractivity contribution in [3.63, 3.8) is 0 Å². The van der Waals surface area contributed by atoms with E-state index in [-0.39, 0.29) is 0 Å². The Bertz CT molecular complexity index is 244. The normalized spacial score (nSPS) is 10.2. The van der Waals surface area contributed by atoms with Gasteiger partial charge in [0.25, 0.3) is 0 Å². The minimum absolute atomic E-state index is 0.408. The van der Waals surface area contributed by atoms with Crippen LogP contribution in [0.2, 0.25) is 0 Å². The van der Waals surface area contributed by atoms with E-state index >= 15 is 0 Å². The van der Waals surface area contributed by atoms with Gasteiger partial charge in [0.05, 0.1) is 12.8 Å². The molecular formula is C10H16N2O. The first-order valence-corrected chi connectivity index (χ1v) is 4.57. The van der Waals surface area contributed by atoms with Crippen LogP contribution in [-0.2, 0) is 0 Å². The van der Waals surface area contributed by atoms with E-state index in [0.29, 0.717) is 12.6 Å². The lowest BCUT2D eigenvalue weighted by molar-refractivity contribution is 0.339. The van der Waals surface area contributed by atoms with Crippen molar-refractivity contribution < 1.29 is 4.74 Å². The van der Waals surface area contributed by atoms with Gasteiger partial charge in [0.2, 0.25) is 0 Å². The van der Waals surface area contributed by atoms with Crippen molar-refractivity contribution >= 4 is 5.82 Å². The summed E-state index contributed by atoms with van der Waals surface area (Å²) in [6, 6.07) is 4.25. The Kier molecular flexibility index (Phi) is 3.55. The molecule has 0 aromatic carbocycles. The molecule has 1 aromatic rings. The predicted molar refractivity (Wildman–Crippen MR) is 54.2 cm³/mol. The highest BCUT2D eigenvalue weighted by Gasteiger charge is 1.96. The van der Waals surface area contributed by atoms with E-state index in [1.165, 1.54) is 0 Å². The van der Waals surface area contributed by atoms with Crippen LogP contribution in [0.4, 0.5) is 5.82 Å². The first-order valence-electron chi connectivity index (χ1n) is 4.57. The maximum atomic E-state index is 5.28. The quantitative estimate of drug-likeness (QED) is 0.772. The van der Waals surface area contributed by atoms with Gasteiger partial charge in [-0.1, -0.05) is 0 Å². The Balaban J connectivity index is 2.59. The van der Waals surface area contributed by atoms with Crippen LogP contribution < -0.4 is 10.1 Å². The summed E-state index contributed by atoms with van der Waals surface area (Å²) in [5.74, 6) is 1.70. The van der Waals surface area contributed by atoms with Gasteiger partial charge in [-0.2, -0.15) is 0 Å². The van der Waals surface area contributed by atoms with E-state index in [0.717, 1.165) is 11.6 Å². The number of hydrogen-bond donors (Lipinski definition) is 1. The van der Waals surface area contributed by atoms with Crippen LogP contribution in [-0.4, -0.2) is 17.6 Å². The van der Waals surface area contributed by atoms with Crippen molar-refractivity contribution in [2.24, 2.45) is 0 Å². The molecule has 0 aliphatic carbocycles. The van der Waals surface area contributed by atoms with E-state index in [9.17, 15) is 0 Å². The van der Waals surface area contributed by atoms with Crippen LogP contribution in [0.5, 0.6) is 5.75 Å². The third-order valence-corrected chi connectivity index (χ3v) is 1.48. The second kappa shape index (κ2) is 4.70. The fraction of sp³-hybridized carbons (Fsp3) is 0.500. The lowest BCUT2D eigenvalue weighted by atomic mass is 10.3. The molecule has 0 atom stereocenters. The maximum absolute atomic E-state index is 5.28. The largest absolute Gasteiger partial charge is 0.492 e. The van der Waals surface area contributed by atoms with Gasteiger partial charge in [-0.15, -0.1) is 0 Å². The average molecular weight is 180 g/mol. The molecule has 1 heterocycles. The summed E-state index contributed by atoms with van der Waals surface area (Å²) in [5, 5.41) is 3.21. The van der Waals surface area contributed by atoms with Crippen molar-refractivity contribution in [2.45, 2.75) is 26.8 Å².